The van der Waals surface area contributed by atoms with E-state index < -0.39 is 0 Å². The summed E-state index contributed by atoms with van der Waals surface area (Å²) < 4.78 is 5.48. The Bertz CT molecular complexity index is 1210. The van der Waals surface area contributed by atoms with E-state index in [0.717, 1.165) is 5.56 Å². The van der Waals surface area contributed by atoms with E-state index in [2.05, 4.69) is 10.3 Å². The maximum Gasteiger partial charge on any atom is 0.263 e. The van der Waals surface area contributed by atoms with Crippen molar-refractivity contribution >= 4 is 38.8 Å². The highest BCUT2D eigenvalue weighted by Crippen LogP contribution is 2.40. The van der Waals surface area contributed by atoms with Crippen molar-refractivity contribution in [3.63, 3.8) is 0 Å². The topological polar surface area (TPSA) is 120 Å². The number of amides is 1. The lowest BCUT2D eigenvalue weighted by molar-refractivity contribution is 0.0924. The first-order valence-electron chi connectivity index (χ1n) is 9.05. The van der Waals surface area contributed by atoms with Crippen molar-refractivity contribution in [2.45, 2.75) is 26.3 Å². The van der Waals surface area contributed by atoms with E-state index in [1.165, 1.54) is 11.3 Å². The zero-order chi connectivity index (χ0) is 20.8. The molecule has 1 aromatic carbocycles. The number of nitrogens with two attached hydrogens (primary N) is 2. The van der Waals surface area contributed by atoms with Gasteiger partial charge in [0.25, 0.3) is 5.91 Å². The molecule has 5 N–H and O–H groups in total. The minimum Gasteiger partial charge on any atom is -0.461 e. The third-order valence-electron chi connectivity index (χ3n) is 4.18. The molecule has 29 heavy (non-hydrogen) atoms. The Balaban J connectivity index is 1.97. The first-order valence-corrected chi connectivity index (χ1v) is 9.87. The second-order valence-electron chi connectivity index (χ2n) is 7.73. The average Bonchev–Trinajstić information content (AvgIpc) is 3.28. The lowest BCUT2D eigenvalue weighted by Crippen LogP contribution is -2.40. The van der Waals surface area contributed by atoms with E-state index in [-0.39, 0.29) is 11.4 Å². The Morgan fingerprint density at radius 3 is 2.59 bits per heavy atom. The second kappa shape index (κ2) is 6.89. The van der Waals surface area contributed by atoms with Crippen LogP contribution in [-0.2, 0) is 0 Å². The van der Waals surface area contributed by atoms with Crippen LogP contribution in [0.5, 0.6) is 0 Å². The van der Waals surface area contributed by atoms with Gasteiger partial charge >= 0.3 is 0 Å². The van der Waals surface area contributed by atoms with E-state index in [1.54, 1.807) is 24.5 Å². The lowest BCUT2D eigenvalue weighted by Gasteiger charge is -2.20. The van der Waals surface area contributed by atoms with Gasteiger partial charge in [0.2, 0.25) is 0 Å². The number of carbonyl (C=O) groups excluding carboxylic acids is 1. The van der Waals surface area contributed by atoms with Crippen molar-refractivity contribution in [3.8, 4) is 22.8 Å². The van der Waals surface area contributed by atoms with E-state index >= 15 is 0 Å². The standard InChI is InChI=1S/C21H21N5O2S/c1-21(2,3)26-19(27)17-15(23)14-16(11-6-4-7-12(22)10-11)24-18(25-20(14)29-17)13-8-5-9-28-13/h4-10H,22-23H2,1-3H3,(H,26,27). The number of nitrogens with zero attached hydrogens (tertiary/aromatic N) is 2. The summed E-state index contributed by atoms with van der Waals surface area (Å²) in [6, 6.07) is 10.9. The first kappa shape index (κ1) is 18.9. The number of benzene rings is 1. The Morgan fingerprint density at radius 1 is 1.14 bits per heavy atom. The van der Waals surface area contributed by atoms with Gasteiger partial charge in [-0.2, -0.15) is 0 Å². The monoisotopic (exact) mass is 407 g/mol. The van der Waals surface area contributed by atoms with Gasteiger partial charge in [0, 0.05) is 16.8 Å². The quantitative estimate of drug-likeness (QED) is 0.435. The molecule has 1 amide bonds. The number of fused-ring (bicyclic) bond motifs is 1. The molecule has 0 atom stereocenters. The number of nitrogens with one attached hydrogen (secondary N) is 1. The molecule has 4 aromatic rings. The number of carbonyl (C=O) groups is 1. The van der Waals surface area contributed by atoms with Crippen LogP contribution in [0.1, 0.15) is 30.4 Å². The average molecular weight is 407 g/mol. The molecule has 7 nitrogen and oxygen atoms in total. The largest absolute Gasteiger partial charge is 0.461 e. The number of hydrogen-bond acceptors (Lipinski definition) is 7. The molecule has 148 valence electrons. The van der Waals surface area contributed by atoms with Gasteiger partial charge in [0.1, 0.15) is 9.71 Å². The minimum absolute atomic E-state index is 0.240. The Hall–Kier alpha value is -3.39. The molecule has 0 aliphatic heterocycles. The molecule has 4 rings (SSSR count). The fourth-order valence-corrected chi connectivity index (χ4v) is 3.99. The van der Waals surface area contributed by atoms with Gasteiger partial charge in [-0.25, -0.2) is 9.97 Å². The molecule has 3 heterocycles. The fourth-order valence-electron chi connectivity index (χ4n) is 3.00. The molecule has 0 spiro atoms. The number of rotatable bonds is 3. The first-order chi connectivity index (χ1) is 13.7. The molecule has 0 unspecified atom stereocenters. The highest BCUT2D eigenvalue weighted by atomic mass is 32.1. The molecule has 0 aliphatic carbocycles. The van der Waals surface area contributed by atoms with Crippen molar-refractivity contribution in [1.82, 2.24) is 15.3 Å². The van der Waals surface area contributed by atoms with Gasteiger partial charge in [-0.05, 0) is 45.0 Å². The SMILES string of the molecule is CC(C)(C)NC(=O)c1sc2nc(-c3ccco3)nc(-c3cccc(N)c3)c2c1N. The van der Waals surface area contributed by atoms with Crippen LogP contribution in [-0.4, -0.2) is 21.4 Å². The van der Waals surface area contributed by atoms with E-state index in [1.807, 2.05) is 39.0 Å². The fraction of sp³-hybridized carbons (Fsp3) is 0.190. The number of thiophene rings is 1. The summed E-state index contributed by atoms with van der Waals surface area (Å²) in [6.45, 7) is 5.75. The number of aromatic nitrogens is 2. The maximum absolute atomic E-state index is 12.8. The van der Waals surface area contributed by atoms with Crippen LogP contribution in [0.3, 0.4) is 0 Å². The zero-order valence-corrected chi connectivity index (χ0v) is 17.1. The molecule has 0 aliphatic rings. The Kier molecular flexibility index (Phi) is 4.50. The van der Waals surface area contributed by atoms with Gasteiger partial charge in [0.15, 0.2) is 11.6 Å². The summed E-state index contributed by atoms with van der Waals surface area (Å²) in [5, 5.41) is 3.59. The Labute approximate surface area is 171 Å². The predicted octanol–water partition coefficient (Wildman–Crippen LogP) is 4.31. The summed E-state index contributed by atoms with van der Waals surface area (Å²) >= 11 is 1.24. The summed E-state index contributed by atoms with van der Waals surface area (Å²) in [5.74, 6) is 0.713. The van der Waals surface area contributed by atoms with Crippen LogP contribution in [0.2, 0.25) is 0 Å². The number of anilines is 2. The molecular weight excluding hydrogens is 386 g/mol. The highest BCUT2D eigenvalue weighted by Gasteiger charge is 2.25. The van der Waals surface area contributed by atoms with Gasteiger partial charge in [-0.3, -0.25) is 4.79 Å². The molecular formula is C21H21N5O2S. The summed E-state index contributed by atoms with van der Waals surface area (Å²) in [6.07, 6.45) is 1.56. The lowest BCUT2D eigenvalue weighted by atomic mass is 10.1. The van der Waals surface area contributed by atoms with Crippen LogP contribution in [0, 0.1) is 0 Å². The van der Waals surface area contributed by atoms with Crippen LogP contribution in [0.15, 0.2) is 47.1 Å². The normalized spacial score (nSPS) is 11.7. The number of hydrogen-bond donors (Lipinski definition) is 3. The van der Waals surface area contributed by atoms with Crippen molar-refractivity contribution in [3.05, 3.63) is 47.5 Å². The molecule has 3 aromatic heterocycles. The highest BCUT2D eigenvalue weighted by molar-refractivity contribution is 7.21. The van der Waals surface area contributed by atoms with E-state index in [4.69, 9.17) is 20.9 Å². The molecule has 0 bridgehead atoms. The third-order valence-corrected chi connectivity index (χ3v) is 5.28. The van der Waals surface area contributed by atoms with Crippen molar-refractivity contribution in [1.29, 1.82) is 0 Å². The van der Waals surface area contributed by atoms with E-state index in [0.29, 0.717) is 43.7 Å². The molecule has 0 radical (unpaired) electrons. The van der Waals surface area contributed by atoms with Crippen molar-refractivity contribution in [2.75, 3.05) is 11.5 Å². The van der Waals surface area contributed by atoms with Crippen molar-refractivity contribution in [2.24, 2.45) is 0 Å². The van der Waals surface area contributed by atoms with Gasteiger partial charge in [0.05, 0.1) is 23.0 Å². The third kappa shape index (κ3) is 3.66. The maximum atomic E-state index is 12.8. The molecule has 0 fully saturated rings. The number of nitrogen functional groups attached to an aromatic ring is 2. The van der Waals surface area contributed by atoms with Crippen molar-refractivity contribution < 1.29 is 9.21 Å². The number of furan rings is 1. The molecule has 0 saturated heterocycles. The molecule has 0 saturated carbocycles. The van der Waals surface area contributed by atoms with Crippen LogP contribution in [0.4, 0.5) is 11.4 Å². The smallest absolute Gasteiger partial charge is 0.263 e. The summed E-state index contributed by atoms with van der Waals surface area (Å²) in [5.41, 5.74) is 14.4. The van der Waals surface area contributed by atoms with Crippen LogP contribution in [0.25, 0.3) is 33.1 Å². The van der Waals surface area contributed by atoms with E-state index in [9.17, 15) is 4.79 Å². The van der Waals surface area contributed by atoms with Gasteiger partial charge in [-0.1, -0.05) is 12.1 Å². The minimum atomic E-state index is -0.387. The zero-order valence-electron chi connectivity index (χ0n) is 16.3. The van der Waals surface area contributed by atoms with Crippen LogP contribution < -0.4 is 16.8 Å². The predicted molar refractivity (Wildman–Crippen MR) is 117 cm³/mol. The second-order valence-corrected chi connectivity index (χ2v) is 8.73. The van der Waals surface area contributed by atoms with Crippen LogP contribution >= 0.6 is 11.3 Å². The van der Waals surface area contributed by atoms with Gasteiger partial charge < -0.3 is 21.2 Å². The summed E-state index contributed by atoms with van der Waals surface area (Å²) in [4.78, 5) is 23.1. The Morgan fingerprint density at radius 2 is 1.93 bits per heavy atom. The van der Waals surface area contributed by atoms with Gasteiger partial charge in [-0.15, -0.1) is 11.3 Å². The molecule has 8 heteroatoms. The summed E-state index contributed by atoms with van der Waals surface area (Å²) in [7, 11) is 0.